The van der Waals surface area contributed by atoms with Crippen molar-refractivity contribution >= 4 is 11.3 Å². The zero-order chi connectivity index (χ0) is 19.5. The number of ether oxygens (including phenoxy) is 2. The normalized spacial score (nSPS) is 23.9. The van der Waals surface area contributed by atoms with E-state index in [0.29, 0.717) is 0 Å². The fourth-order valence-corrected chi connectivity index (χ4v) is 6.13. The van der Waals surface area contributed by atoms with Crippen molar-refractivity contribution in [3.8, 4) is 5.75 Å². The summed E-state index contributed by atoms with van der Waals surface area (Å²) in [6.45, 7) is 4.83. The molecule has 3 heterocycles. The highest BCUT2D eigenvalue weighted by Crippen LogP contribution is 2.49. The van der Waals surface area contributed by atoms with Crippen LogP contribution in [0.3, 0.4) is 0 Å². The Morgan fingerprint density at radius 1 is 1.25 bits per heavy atom. The number of hydrogen-bond acceptors (Lipinski definition) is 5. The summed E-state index contributed by atoms with van der Waals surface area (Å²) in [5, 5.41) is 3.67. The smallest absolute Gasteiger partial charge is 0.134 e. The minimum atomic E-state index is 0.0872. The third-order valence-corrected chi connectivity index (χ3v) is 7.58. The van der Waals surface area contributed by atoms with Crippen molar-refractivity contribution in [2.24, 2.45) is 0 Å². The van der Waals surface area contributed by atoms with E-state index in [4.69, 9.17) is 14.5 Å². The Labute approximate surface area is 172 Å². The van der Waals surface area contributed by atoms with Crippen LogP contribution in [0, 0.1) is 6.92 Å². The van der Waals surface area contributed by atoms with Crippen LogP contribution < -0.4 is 10.1 Å². The first-order valence-electron chi connectivity index (χ1n) is 10.5. The van der Waals surface area contributed by atoms with E-state index in [0.717, 1.165) is 44.7 Å². The second-order valence-corrected chi connectivity index (χ2v) is 9.78. The summed E-state index contributed by atoms with van der Waals surface area (Å²) in [7, 11) is 1.75. The van der Waals surface area contributed by atoms with Gasteiger partial charge in [-0.3, -0.25) is 4.98 Å². The maximum Gasteiger partial charge on any atom is 0.134 e. The predicted molar refractivity (Wildman–Crippen MR) is 114 cm³/mol. The van der Waals surface area contributed by atoms with Crippen LogP contribution in [-0.2, 0) is 16.7 Å². The summed E-state index contributed by atoms with van der Waals surface area (Å²) in [5.41, 5.74) is 1.45. The summed E-state index contributed by atoms with van der Waals surface area (Å²) in [6.07, 6.45) is 10.2. The van der Waals surface area contributed by atoms with Gasteiger partial charge in [0.15, 0.2) is 0 Å². The van der Waals surface area contributed by atoms with Crippen LogP contribution in [0.25, 0.3) is 0 Å². The molecular formula is C23H32N2O2S. The minimum Gasteiger partial charge on any atom is -0.496 e. The summed E-state index contributed by atoms with van der Waals surface area (Å²) in [4.78, 5) is 7.38. The Morgan fingerprint density at radius 2 is 2.11 bits per heavy atom. The number of methoxy groups -OCH3 is 1. The number of pyridine rings is 1. The lowest BCUT2D eigenvalue weighted by molar-refractivity contribution is -0.104. The van der Waals surface area contributed by atoms with Crippen molar-refractivity contribution in [1.29, 1.82) is 0 Å². The molecule has 0 bridgehead atoms. The Kier molecular flexibility index (Phi) is 6.04. The van der Waals surface area contributed by atoms with E-state index >= 15 is 0 Å². The number of thiophene rings is 1. The van der Waals surface area contributed by atoms with Crippen molar-refractivity contribution in [2.45, 2.75) is 69.4 Å². The van der Waals surface area contributed by atoms with E-state index in [-0.39, 0.29) is 11.0 Å². The van der Waals surface area contributed by atoms with Crippen LogP contribution in [0.4, 0.5) is 0 Å². The van der Waals surface area contributed by atoms with Gasteiger partial charge in [-0.15, -0.1) is 11.3 Å². The van der Waals surface area contributed by atoms with Crippen LogP contribution in [0.5, 0.6) is 5.75 Å². The highest BCUT2D eigenvalue weighted by molar-refractivity contribution is 7.12. The van der Waals surface area contributed by atoms with Gasteiger partial charge in [-0.25, -0.2) is 0 Å². The average Bonchev–Trinajstić information content (AvgIpc) is 3.32. The van der Waals surface area contributed by atoms with Crippen LogP contribution in [0.2, 0.25) is 0 Å². The molecule has 2 aliphatic rings. The molecule has 2 fully saturated rings. The van der Waals surface area contributed by atoms with Gasteiger partial charge in [0.05, 0.1) is 17.6 Å². The van der Waals surface area contributed by atoms with E-state index in [1.165, 1.54) is 41.1 Å². The molecule has 1 aliphatic carbocycles. The lowest BCUT2D eigenvalue weighted by Crippen LogP contribution is -2.47. The van der Waals surface area contributed by atoms with Crippen molar-refractivity contribution in [3.63, 3.8) is 0 Å². The molecule has 28 heavy (non-hydrogen) atoms. The molecule has 1 saturated carbocycles. The Morgan fingerprint density at radius 3 is 2.86 bits per heavy atom. The monoisotopic (exact) mass is 400 g/mol. The van der Waals surface area contributed by atoms with Gasteiger partial charge in [-0.1, -0.05) is 18.9 Å². The number of aryl methyl sites for hydroxylation is 1. The maximum atomic E-state index is 6.35. The van der Waals surface area contributed by atoms with E-state index in [1.807, 2.05) is 23.6 Å². The van der Waals surface area contributed by atoms with Gasteiger partial charge in [-0.2, -0.15) is 0 Å². The maximum absolute atomic E-state index is 6.35. The van der Waals surface area contributed by atoms with Crippen LogP contribution >= 0.6 is 11.3 Å². The molecule has 4 nitrogen and oxygen atoms in total. The topological polar surface area (TPSA) is 43.4 Å². The Bertz CT molecular complexity index is 770. The highest BCUT2D eigenvalue weighted by atomic mass is 32.1. The molecule has 1 N–H and O–H groups in total. The quantitative estimate of drug-likeness (QED) is 0.664. The SMILES string of the molecule is COc1cc(C)sc1CNCCC1(c2ccccn2)CCOC2(CCCC2)C1. The Hall–Kier alpha value is -1.43. The molecular weight excluding hydrogens is 368 g/mol. The van der Waals surface area contributed by atoms with Crippen LogP contribution in [0.15, 0.2) is 30.5 Å². The molecule has 0 radical (unpaired) electrons. The highest BCUT2D eigenvalue weighted by Gasteiger charge is 2.48. The van der Waals surface area contributed by atoms with Gasteiger partial charge in [0.1, 0.15) is 5.75 Å². The number of rotatable bonds is 7. The van der Waals surface area contributed by atoms with Crippen molar-refractivity contribution in [2.75, 3.05) is 20.3 Å². The van der Waals surface area contributed by atoms with E-state index in [9.17, 15) is 0 Å². The zero-order valence-corrected chi connectivity index (χ0v) is 17.9. The van der Waals surface area contributed by atoms with Gasteiger partial charge >= 0.3 is 0 Å². The van der Waals surface area contributed by atoms with Gasteiger partial charge < -0.3 is 14.8 Å². The first-order valence-corrected chi connectivity index (χ1v) is 11.4. The molecule has 1 atom stereocenters. The van der Waals surface area contributed by atoms with E-state index < -0.39 is 0 Å². The van der Waals surface area contributed by atoms with Gasteiger partial charge in [0.25, 0.3) is 0 Å². The molecule has 4 rings (SSSR count). The number of hydrogen-bond donors (Lipinski definition) is 1. The van der Waals surface area contributed by atoms with Crippen molar-refractivity contribution in [3.05, 3.63) is 45.9 Å². The summed E-state index contributed by atoms with van der Waals surface area (Å²) in [5.74, 6) is 1.01. The van der Waals surface area contributed by atoms with E-state index in [2.05, 4.69) is 30.4 Å². The predicted octanol–water partition coefficient (Wildman–Crippen LogP) is 5.00. The fraction of sp³-hybridized carbons (Fsp3) is 0.609. The molecule has 152 valence electrons. The van der Waals surface area contributed by atoms with Crippen LogP contribution in [-0.4, -0.2) is 30.8 Å². The van der Waals surface area contributed by atoms with Crippen molar-refractivity contribution in [1.82, 2.24) is 10.3 Å². The minimum absolute atomic E-state index is 0.0872. The molecule has 5 heteroatoms. The first kappa shape index (κ1) is 19.9. The molecule has 0 aromatic carbocycles. The van der Waals surface area contributed by atoms with Gasteiger partial charge in [0, 0.05) is 35.3 Å². The lowest BCUT2D eigenvalue weighted by atomic mass is 9.68. The Balaban J connectivity index is 1.46. The van der Waals surface area contributed by atoms with Crippen LogP contribution in [0.1, 0.15) is 60.4 Å². The summed E-state index contributed by atoms with van der Waals surface area (Å²) in [6, 6.07) is 8.50. The third-order valence-electron chi connectivity index (χ3n) is 6.55. The van der Waals surface area contributed by atoms with Gasteiger partial charge in [0.2, 0.25) is 0 Å². The fourth-order valence-electron chi connectivity index (χ4n) is 5.16. The number of aromatic nitrogens is 1. The summed E-state index contributed by atoms with van der Waals surface area (Å²) < 4.78 is 11.9. The zero-order valence-electron chi connectivity index (χ0n) is 17.1. The standard InChI is InChI=1S/C23H32N2O2S/c1-18-15-19(26-2)20(28-18)16-24-13-10-22(21-7-3-6-12-25-21)11-14-27-23(17-22)8-4-5-9-23/h3,6-7,12,15,24H,4-5,8-11,13-14,16-17H2,1-2H3. The number of nitrogens with one attached hydrogen (secondary N) is 1. The molecule has 2 aromatic heterocycles. The second kappa shape index (κ2) is 8.52. The number of nitrogens with zero attached hydrogens (tertiary/aromatic N) is 1. The van der Waals surface area contributed by atoms with Crippen molar-refractivity contribution < 1.29 is 9.47 Å². The lowest BCUT2D eigenvalue weighted by Gasteiger charge is -2.46. The van der Waals surface area contributed by atoms with Gasteiger partial charge in [-0.05, 0) is 63.8 Å². The molecule has 1 spiro atoms. The van der Waals surface area contributed by atoms with E-state index in [1.54, 1.807) is 7.11 Å². The largest absolute Gasteiger partial charge is 0.496 e. The molecule has 0 amide bonds. The third kappa shape index (κ3) is 4.12. The average molecular weight is 401 g/mol. The molecule has 1 aliphatic heterocycles. The second-order valence-electron chi connectivity index (χ2n) is 8.44. The summed E-state index contributed by atoms with van der Waals surface area (Å²) >= 11 is 1.82. The first-order chi connectivity index (χ1) is 13.6. The molecule has 2 aromatic rings. The molecule has 1 unspecified atom stereocenters. The molecule has 1 saturated heterocycles.